The molecule has 2 N–H and O–H groups in total. The van der Waals surface area contributed by atoms with E-state index in [-0.39, 0.29) is 0 Å². The highest BCUT2D eigenvalue weighted by Gasteiger charge is 2.23. The number of aliphatic hydroxyl groups is 1. The lowest BCUT2D eigenvalue weighted by Gasteiger charge is -2.38. The smallest absolute Gasteiger partial charge is 0.131 e. The molecule has 0 saturated carbocycles. The number of aromatic nitrogens is 1. The Kier molecular flexibility index (Phi) is 5.19. The van der Waals surface area contributed by atoms with Crippen molar-refractivity contribution >= 4 is 5.82 Å². The topological polar surface area (TPSA) is 51.6 Å². The van der Waals surface area contributed by atoms with Crippen molar-refractivity contribution in [3.05, 3.63) is 23.4 Å². The predicted molar refractivity (Wildman–Crippen MR) is 86.7 cm³/mol. The first kappa shape index (κ1) is 16.2. The molecule has 1 aliphatic rings. The van der Waals surface area contributed by atoms with Crippen LogP contribution >= 0.6 is 0 Å². The molecule has 0 amide bonds. The van der Waals surface area contributed by atoms with Crippen molar-refractivity contribution in [1.29, 1.82) is 0 Å². The molecule has 0 radical (unpaired) electrons. The van der Waals surface area contributed by atoms with Gasteiger partial charge in [-0.05, 0) is 45.0 Å². The molecule has 1 aromatic rings. The minimum atomic E-state index is -0.620. The van der Waals surface area contributed by atoms with Gasteiger partial charge in [-0.2, -0.15) is 0 Å². The SMILES string of the molecule is CNCc1cnc(N2CCN(CC(C)(C)O)CC2)c(C)c1. The van der Waals surface area contributed by atoms with Crippen molar-refractivity contribution in [1.82, 2.24) is 15.2 Å². The average molecular weight is 292 g/mol. The number of nitrogens with one attached hydrogen (secondary N) is 1. The number of hydrogen-bond acceptors (Lipinski definition) is 5. The van der Waals surface area contributed by atoms with Gasteiger partial charge in [-0.25, -0.2) is 4.98 Å². The van der Waals surface area contributed by atoms with E-state index in [1.165, 1.54) is 11.1 Å². The first-order chi connectivity index (χ1) is 9.89. The van der Waals surface area contributed by atoms with Crippen LogP contribution in [0.25, 0.3) is 0 Å². The van der Waals surface area contributed by atoms with Gasteiger partial charge in [-0.1, -0.05) is 0 Å². The van der Waals surface area contributed by atoms with Gasteiger partial charge < -0.3 is 15.3 Å². The van der Waals surface area contributed by atoms with Crippen LogP contribution in [-0.2, 0) is 6.54 Å². The van der Waals surface area contributed by atoms with Gasteiger partial charge in [0.25, 0.3) is 0 Å². The van der Waals surface area contributed by atoms with E-state index >= 15 is 0 Å². The van der Waals surface area contributed by atoms with Crippen LogP contribution in [0.3, 0.4) is 0 Å². The van der Waals surface area contributed by atoms with Crippen LogP contribution in [-0.4, -0.2) is 60.4 Å². The zero-order valence-corrected chi connectivity index (χ0v) is 13.7. The molecule has 1 saturated heterocycles. The summed E-state index contributed by atoms with van der Waals surface area (Å²) in [4.78, 5) is 9.31. The first-order valence-corrected chi connectivity index (χ1v) is 7.69. The van der Waals surface area contributed by atoms with Crippen LogP contribution in [0.1, 0.15) is 25.0 Å². The van der Waals surface area contributed by atoms with Crippen molar-refractivity contribution in [2.24, 2.45) is 0 Å². The van der Waals surface area contributed by atoms with Gasteiger partial charge in [0.1, 0.15) is 5.82 Å². The third-order valence-corrected chi connectivity index (χ3v) is 3.77. The summed E-state index contributed by atoms with van der Waals surface area (Å²) in [5.74, 6) is 1.10. The lowest BCUT2D eigenvalue weighted by molar-refractivity contribution is 0.0344. The van der Waals surface area contributed by atoms with Gasteiger partial charge in [0.05, 0.1) is 5.60 Å². The van der Waals surface area contributed by atoms with Crippen molar-refractivity contribution in [2.75, 3.05) is 44.7 Å². The molecule has 1 aliphatic heterocycles. The fourth-order valence-electron chi connectivity index (χ4n) is 2.92. The summed E-state index contributed by atoms with van der Waals surface area (Å²) in [5.41, 5.74) is 1.84. The maximum absolute atomic E-state index is 9.90. The maximum atomic E-state index is 9.90. The lowest BCUT2D eigenvalue weighted by Crippen LogP contribution is -2.50. The molecule has 118 valence electrons. The molecule has 0 aliphatic carbocycles. The van der Waals surface area contributed by atoms with Gasteiger partial charge in [0, 0.05) is 45.5 Å². The number of anilines is 1. The van der Waals surface area contributed by atoms with Crippen LogP contribution in [0.5, 0.6) is 0 Å². The van der Waals surface area contributed by atoms with Gasteiger partial charge >= 0.3 is 0 Å². The van der Waals surface area contributed by atoms with E-state index in [4.69, 9.17) is 0 Å². The van der Waals surface area contributed by atoms with E-state index < -0.39 is 5.60 Å². The molecule has 0 aromatic carbocycles. The van der Waals surface area contributed by atoms with Crippen molar-refractivity contribution in [3.63, 3.8) is 0 Å². The second kappa shape index (κ2) is 6.73. The number of piperazine rings is 1. The molecular formula is C16H28N4O. The second-order valence-corrected chi connectivity index (χ2v) is 6.59. The van der Waals surface area contributed by atoms with E-state index in [2.05, 4.69) is 33.1 Å². The third-order valence-electron chi connectivity index (χ3n) is 3.77. The second-order valence-electron chi connectivity index (χ2n) is 6.59. The normalized spacial score (nSPS) is 17.3. The number of rotatable bonds is 5. The Morgan fingerprint density at radius 3 is 2.48 bits per heavy atom. The standard InChI is InChI=1S/C16H28N4O/c1-13-9-14(10-17-4)11-18-15(13)20-7-5-19(6-8-20)12-16(2,3)21/h9,11,17,21H,5-8,10,12H2,1-4H3. The summed E-state index contributed by atoms with van der Waals surface area (Å²) in [5, 5.41) is 13.1. The molecule has 0 unspecified atom stereocenters. The highest BCUT2D eigenvalue weighted by molar-refractivity contribution is 5.47. The molecule has 21 heavy (non-hydrogen) atoms. The number of β-amino-alcohol motifs (C(OH)–C–C–N with tert-alkyl or cyclic N) is 1. The largest absolute Gasteiger partial charge is 0.389 e. The molecule has 1 aromatic heterocycles. The van der Waals surface area contributed by atoms with Crippen LogP contribution in [0, 0.1) is 6.92 Å². The summed E-state index contributed by atoms with van der Waals surface area (Å²) < 4.78 is 0. The monoisotopic (exact) mass is 292 g/mol. The highest BCUT2D eigenvalue weighted by Crippen LogP contribution is 2.20. The molecule has 0 bridgehead atoms. The Morgan fingerprint density at radius 2 is 1.95 bits per heavy atom. The Labute approximate surface area is 128 Å². The van der Waals surface area contributed by atoms with Crippen LogP contribution < -0.4 is 10.2 Å². The average Bonchev–Trinajstić information content (AvgIpc) is 2.39. The number of aryl methyl sites for hydroxylation is 1. The quantitative estimate of drug-likeness (QED) is 0.848. The van der Waals surface area contributed by atoms with Gasteiger partial charge in [-0.3, -0.25) is 4.90 Å². The Morgan fingerprint density at radius 1 is 1.29 bits per heavy atom. The number of pyridine rings is 1. The van der Waals surface area contributed by atoms with E-state index in [0.717, 1.165) is 45.1 Å². The molecular weight excluding hydrogens is 264 g/mol. The van der Waals surface area contributed by atoms with Crippen molar-refractivity contribution in [3.8, 4) is 0 Å². The summed E-state index contributed by atoms with van der Waals surface area (Å²) in [6, 6.07) is 2.21. The minimum Gasteiger partial charge on any atom is -0.389 e. The molecule has 2 heterocycles. The van der Waals surface area contributed by atoms with Gasteiger partial charge in [0.15, 0.2) is 0 Å². The summed E-state index contributed by atoms with van der Waals surface area (Å²) >= 11 is 0. The Balaban J connectivity index is 1.96. The molecule has 0 atom stereocenters. The van der Waals surface area contributed by atoms with E-state index in [1.54, 1.807) is 0 Å². The molecule has 5 nitrogen and oxygen atoms in total. The van der Waals surface area contributed by atoms with Crippen LogP contribution in [0.4, 0.5) is 5.82 Å². The van der Waals surface area contributed by atoms with Crippen LogP contribution in [0.15, 0.2) is 12.3 Å². The minimum absolute atomic E-state index is 0.620. The van der Waals surface area contributed by atoms with Gasteiger partial charge in [0.2, 0.25) is 0 Å². The first-order valence-electron chi connectivity index (χ1n) is 7.69. The Bertz CT molecular complexity index is 462. The van der Waals surface area contributed by atoms with E-state index in [1.807, 2.05) is 27.1 Å². The molecule has 5 heteroatoms. The predicted octanol–water partition coefficient (Wildman–Crippen LogP) is 1.00. The molecule has 0 spiro atoms. The van der Waals surface area contributed by atoms with Gasteiger partial charge in [-0.15, -0.1) is 0 Å². The van der Waals surface area contributed by atoms with Crippen molar-refractivity contribution < 1.29 is 5.11 Å². The fraction of sp³-hybridized carbons (Fsp3) is 0.688. The van der Waals surface area contributed by atoms with Crippen molar-refractivity contribution in [2.45, 2.75) is 32.9 Å². The maximum Gasteiger partial charge on any atom is 0.131 e. The number of nitrogens with zero attached hydrogens (tertiary/aromatic N) is 3. The third kappa shape index (κ3) is 4.66. The van der Waals surface area contributed by atoms with E-state index in [9.17, 15) is 5.11 Å². The Hall–Kier alpha value is -1.17. The highest BCUT2D eigenvalue weighted by atomic mass is 16.3. The summed E-state index contributed by atoms with van der Waals surface area (Å²) in [6.45, 7) is 11.3. The van der Waals surface area contributed by atoms with Crippen LogP contribution in [0.2, 0.25) is 0 Å². The summed E-state index contributed by atoms with van der Waals surface area (Å²) in [6.07, 6.45) is 1.96. The zero-order chi connectivity index (χ0) is 15.5. The lowest BCUT2D eigenvalue weighted by atomic mass is 10.1. The summed E-state index contributed by atoms with van der Waals surface area (Å²) in [7, 11) is 1.95. The molecule has 1 fully saturated rings. The zero-order valence-electron chi connectivity index (χ0n) is 13.7. The van der Waals surface area contributed by atoms with E-state index in [0.29, 0.717) is 0 Å². The number of hydrogen-bond donors (Lipinski definition) is 2. The fourth-order valence-corrected chi connectivity index (χ4v) is 2.92. The molecule has 2 rings (SSSR count).